The molecule has 27 heavy (non-hydrogen) atoms. The number of hydrogen-bond donors (Lipinski definition) is 0. The van der Waals surface area contributed by atoms with Gasteiger partial charge in [-0.1, -0.05) is 6.07 Å². The largest absolute Gasteiger partial charge is 0.383 e. The van der Waals surface area contributed by atoms with Crippen LogP contribution in [0.4, 0.5) is 0 Å². The first-order valence-electron chi connectivity index (χ1n) is 9.23. The van der Waals surface area contributed by atoms with Gasteiger partial charge in [0.25, 0.3) is 0 Å². The number of morpholine rings is 1. The molecular formula is C20H27N3O3S. The molecule has 2 aromatic rings. The zero-order valence-electron chi connectivity index (χ0n) is 16.0. The number of nitrogens with zero attached hydrogens (tertiary/aromatic N) is 3. The normalized spacial score (nSPS) is 16.2. The Morgan fingerprint density at radius 1 is 1.41 bits per heavy atom. The van der Waals surface area contributed by atoms with E-state index in [1.807, 2.05) is 17.0 Å². The number of pyridine rings is 1. The van der Waals surface area contributed by atoms with Crippen LogP contribution in [0.15, 0.2) is 36.0 Å². The van der Waals surface area contributed by atoms with E-state index in [0.29, 0.717) is 32.9 Å². The first kappa shape index (κ1) is 19.9. The Kier molecular flexibility index (Phi) is 7.34. The van der Waals surface area contributed by atoms with Gasteiger partial charge in [-0.05, 0) is 35.6 Å². The van der Waals surface area contributed by atoms with E-state index in [1.165, 1.54) is 10.4 Å². The highest BCUT2D eigenvalue weighted by atomic mass is 32.1. The van der Waals surface area contributed by atoms with Gasteiger partial charge in [-0.2, -0.15) is 0 Å². The second kappa shape index (κ2) is 9.94. The summed E-state index contributed by atoms with van der Waals surface area (Å²) in [5, 5.41) is 2.07. The Balaban J connectivity index is 1.87. The molecule has 1 atom stereocenters. The van der Waals surface area contributed by atoms with Crippen LogP contribution in [0, 0.1) is 6.92 Å². The molecule has 1 fully saturated rings. The van der Waals surface area contributed by atoms with E-state index in [1.54, 1.807) is 30.8 Å². The van der Waals surface area contributed by atoms with E-state index >= 15 is 0 Å². The summed E-state index contributed by atoms with van der Waals surface area (Å²) >= 11 is 1.69. The van der Waals surface area contributed by atoms with Gasteiger partial charge < -0.3 is 14.4 Å². The van der Waals surface area contributed by atoms with Crippen LogP contribution in [0.3, 0.4) is 0 Å². The van der Waals surface area contributed by atoms with E-state index < -0.39 is 0 Å². The molecule has 146 valence electrons. The molecule has 1 aliphatic rings. The quantitative estimate of drug-likeness (QED) is 0.694. The van der Waals surface area contributed by atoms with Gasteiger partial charge in [-0.25, -0.2) is 0 Å². The zero-order valence-corrected chi connectivity index (χ0v) is 16.8. The monoisotopic (exact) mass is 389 g/mol. The molecule has 0 aliphatic carbocycles. The van der Waals surface area contributed by atoms with Crippen LogP contribution in [0.2, 0.25) is 0 Å². The van der Waals surface area contributed by atoms with E-state index in [0.717, 1.165) is 18.7 Å². The molecule has 0 N–H and O–H groups in total. The second-order valence-electron chi connectivity index (χ2n) is 6.62. The average molecular weight is 390 g/mol. The molecule has 2 aromatic heterocycles. The summed E-state index contributed by atoms with van der Waals surface area (Å²) in [4.78, 5) is 23.2. The molecule has 3 rings (SSSR count). The Morgan fingerprint density at radius 3 is 2.85 bits per heavy atom. The van der Waals surface area contributed by atoms with Gasteiger partial charge in [0.15, 0.2) is 0 Å². The summed E-state index contributed by atoms with van der Waals surface area (Å²) in [7, 11) is 1.67. The van der Waals surface area contributed by atoms with Crippen molar-refractivity contribution in [2.24, 2.45) is 0 Å². The van der Waals surface area contributed by atoms with Crippen molar-refractivity contribution in [3.63, 3.8) is 0 Å². The van der Waals surface area contributed by atoms with Gasteiger partial charge in [0, 0.05) is 44.0 Å². The second-order valence-corrected chi connectivity index (χ2v) is 7.62. The van der Waals surface area contributed by atoms with E-state index in [4.69, 9.17) is 9.47 Å². The third-order valence-electron chi connectivity index (χ3n) is 4.82. The number of rotatable bonds is 8. The van der Waals surface area contributed by atoms with Crippen molar-refractivity contribution in [2.45, 2.75) is 19.5 Å². The predicted molar refractivity (Wildman–Crippen MR) is 106 cm³/mol. The van der Waals surface area contributed by atoms with E-state index in [9.17, 15) is 4.79 Å². The molecule has 0 radical (unpaired) electrons. The van der Waals surface area contributed by atoms with Crippen LogP contribution in [-0.4, -0.2) is 67.3 Å². The highest BCUT2D eigenvalue weighted by Crippen LogP contribution is 2.26. The highest BCUT2D eigenvalue weighted by molar-refractivity contribution is 7.10. The number of methoxy groups -OCH3 is 1. The first-order valence-corrected chi connectivity index (χ1v) is 10.1. The van der Waals surface area contributed by atoms with Gasteiger partial charge in [-0.15, -0.1) is 11.3 Å². The van der Waals surface area contributed by atoms with Gasteiger partial charge in [0.2, 0.25) is 5.91 Å². The molecule has 0 spiro atoms. The fourth-order valence-corrected chi connectivity index (χ4v) is 4.18. The fourth-order valence-electron chi connectivity index (χ4n) is 3.26. The average Bonchev–Trinajstić information content (AvgIpc) is 3.11. The van der Waals surface area contributed by atoms with Gasteiger partial charge in [0.05, 0.1) is 26.4 Å². The third kappa shape index (κ3) is 5.13. The maximum atomic E-state index is 13.7. The number of amides is 1. The fraction of sp³-hybridized carbons (Fsp3) is 0.500. The molecule has 3 heterocycles. The number of aryl methyl sites for hydroxylation is 1. The lowest BCUT2D eigenvalue weighted by atomic mass is 10.0. The lowest BCUT2D eigenvalue weighted by molar-refractivity contribution is -0.140. The van der Waals surface area contributed by atoms with Crippen LogP contribution in [0.25, 0.3) is 0 Å². The van der Waals surface area contributed by atoms with Crippen molar-refractivity contribution in [1.29, 1.82) is 0 Å². The van der Waals surface area contributed by atoms with E-state index in [2.05, 4.69) is 28.3 Å². The molecule has 1 unspecified atom stereocenters. The summed E-state index contributed by atoms with van der Waals surface area (Å²) in [5.74, 6) is 0.0924. The minimum atomic E-state index is -0.347. The van der Waals surface area contributed by atoms with Crippen LogP contribution >= 0.6 is 11.3 Å². The number of thiophene rings is 1. The molecule has 7 heteroatoms. The molecular weight excluding hydrogens is 362 g/mol. The smallest absolute Gasteiger partial charge is 0.245 e. The SMILES string of the molecule is COCCN(Cc1sccc1C)C(=O)C(c1cccnc1)N1CCOCC1. The number of carbonyl (C=O) groups is 1. The number of aromatic nitrogens is 1. The topological polar surface area (TPSA) is 54.9 Å². The standard InChI is InChI=1S/C20H27N3O3S/c1-16-5-13-27-18(16)15-23(7-10-25-2)20(24)19(17-4-3-6-21-14-17)22-8-11-26-12-9-22/h3-6,13-14,19H,7-12,15H2,1-2H3. The predicted octanol–water partition coefficient (Wildman–Crippen LogP) is 2.50. The lowest BCUT2D eigenvalue weighted by Gasteiger charge is -2.36. The Labute approximate surface area is 164 Å². The number of ether oxygens (including phenoxy) is 2. The Hall–Kier alpha value is -1.80. The Morgan fingerprint density at radius 2 is 2.22 bits per heavy atom. The van der Waals surface area contributed by atoms with Gasteiger partial charge in [0.1, 0.15) is 6.04 Å². The lowest BCUT2D eigenvalue weighted by Crippen LogP contribution is -2.47. The summed E-state index contributed by atoms with van der Waals surface area (Å²) in [5.41, 5.74) is 2.15. The number of hydrogen-bond acceptors (Lipinski definition) is 6. The maximum absolute atomic E-state index is 13.7. The number of carbonyl (C=O) groups excluding carboxylic acids is 1. The van der Waals surface area contributed by atoms with Gasteiger partial charge in [-0.3, -0.25) is 14.7 Å². The van der Waals surface area contributed by atoms with Crippen LogP contribution < -0.4 is 0 Å². The molecule has 6 nitrogen and oxygen atoms in total. The van der Waals surface area contributed by atoms with Crippen molar-refractivity contribution in [1.82, 2.24) is 14.8 Å². The highest BCUT2D eigenvalue weighted by Gasteiger charge is 2.32. The minimum Gasteiger partial charge on any atom is -0.383 e. The van der Waals surface area contributed by atoms with Crippen molar-refractivity contribution >= 4 is 17.2 Å². The van der Waals surface area contributed by atoms with Crippen LogP contribution in [0.5, 0.6) is 0 Å². The van der Waals surface area contributed by atoms with Crippen molar-refractivity contribution in [3.05, 3.63) is 52.0 Å². The molecule has 0 saturated carbocycles. The zero-order chi connectivity index (χ0) is 19.1. The summed E-state index contributed by atoms with van der Waals surface area (Å²) in [6.45, 7) is 6.53. The van der Waals surface area contributed by atoms with Crippen molar-refractivity contribution in [2.75, 3.05) is 46.6 Å². The summed E-state index contributed by atoms with van der Waals surface area (Å²) in [6.07, 6.45) is 3.53. The molecule has 0 aromatic carbocycles. The van der Waals surface area contributed by atoms with Crippen LogP contribution in [-0.2, 0) is 20.8 Å². The minimum absolute atomic E-state index is 0.0924. The third-order valence-corrected chi connectivity index (χ3v) is 5.83. The molecule has 1 aliphatic heterocycles. The molecule has 0 bridgehead atoms. The molecule has 1 amide bonds. The van der Waals surface area contributed by atoms with Crippen LogP contribution in [0.1, 0.15) is 22.0 Å². The summed E-state index contributed by atoms with van der Waals surface area (Å²) < 4.78 is 10.8. The Bertz CT molecular complexity index is 716. The van der Waals surface area contributed by atoms with E-state index in [-0.39, 0.29) is 11.9 Å². The first-order chi connectivity index (χ1) is 13.2. The molecule has 1 saturated heterocycles. The maximum Gasteiger partial charge on any atom is 0.245 e. The van der Waals surface area contributed by atoms with Crippen molar-refractivity contribution in [3.8, 4) is 0 Å². The van der Waals surface area contributed by atoms with Crippen molar-refractivity contribution < 1.29 is 14.3 Å². The summed E-state index contributed by atoms with van der Waals surface area (Å²) in [6, 6.07) is 5.62. The van der Waals surface area contributed by atoms with Gasteiger partial charge >= 0.3 is 0 Å².